The smallest absolute Gasteiger partial charge is 0.418 e. The molecule has 0 atom stereocenters. The number of nitrogens with one attached hydrogen (secondary N) is 1. The highest BCUT2D eigenvalue weighted by Crippen LogP contribution is 2.41. The van der Waals surface area contributed by atoms with Crippen molar-refractivity contribution >= 4 is 27.6 Å². The summed E-state index contributed by atoms with van der Waals surface area (Å²) < 4.78 is 39.7. The molecule has 2 N–H and O–H groups in total. The van der Waals surface area contributed by atoms with Gasteiger partial charge < -0.3 is 10.4 Å². The van der Waals surface area contributed by atoms with Crippen LogP contribution >= 0.6 is 15.9 Å². The average Bonchev–Trinajstić information content (AvgIpc) is 2.77. The Balaban J connectivity index is 2.35. The Morgan fingerprint density at radius 2 is 1.95 bits per heavy atom. The lowest BCUT2D eigenvalue weighted by molar-refractivity contribution is -0.138. The van der Waals surface area contributed by atoms with Crippen molar-refractivity contribution in [1.82, 2.24) is 0 Å². The van der Waals surface area contributed by atoms with Crippen molar-refractivity contribution in [3.63, 3.8) is 0 Å². The van der Waals surface area contributed by atoms with E-state index in [4.69, 9.17) is 5.11 Å². The standard InChI is InChI=1S/C14H15BrF3NO2/c15-9-3-4-11(10(7-9)14(16,17)18)19-13(8-12(20)21)5-1-2-6-13/h3-4,7,19H,1-2,5-6,8H2,(H,20,21). The van der Waals surface area contributed by atoms with Gasteiger partial charge in [-0.25, -0.2) is 0 Å². The molecule has 3 nitrogen and oxygen atoms in total. The summed E-state index contributed by atoms with van der Waals surface area (Å²) in [5.41, 5.74) is -1.64. The summed E-state index contributed by atoms with van der Waals surface area (Å²) in [4.78, 5) is 11.0. The van der Waals surface area contributed by atoms with E-state index in [0.29, 0.717) is 17.3 Å². The zero-order valence-electron chi connectivity index (χ0n) is 11.1. The summed E-state index contributed by atoms with van der Waals surface area (Å²) in [5.74, 6) is -1.00. The Morgan fingerprint density at radius 3 is 2.48 bits per heavy atom. The molecular formula is C14H15BrF3NO2. The number of carboxylic acids is 1. The normalized spacial score (nSPS) is 17.7. The second-order valence-corrected chi connectivity index (χ2v) is 6.29. The number of benzene rings is 1. The minimum Gasteiger partial charge on any atom is -0.481 e. The maximum absolute atomic E-state index is 13.1. The molecule has 0 heterocycles. The molecule has 0 aromatic heterocycles. The molecule has 1 saturated carbocycles. The van der Waals surface area contributed by atoms with Gasteiger partial charge in [-0.15, -0.1) is 0 Å². The van der Waals surface area contributed by atoms with Crippen molar-refractivity contribution in [2.45, 2.75) is 43.8 Å². The molecule has 0 saturated heterocycles. The van der Waals surface area contributed by atoms with Crippen LogP contribution in [0.1, 0.15) is 37.7 Å². The summed E-state index contributed by atoms with van der Waals surface area (Å²) in [7, 11) is 0. The van der Waals surface area contributed by atoms with E-state index in [9.17, 15) is 18.0 Å². The van der Waals surface area contributed by atoms with Crippen molar-refractivity contribution in [2.75, 3.05) is 5.32 Å². The first-order valence-corrected chi connectivity index (χ1v) is 7.38. The number of carboxylic acid groups (broad SMARTS) is 1. The van der Waals surface area contributed by atoms with Gasteiger partial charge in [0.25, 0.3) is 0 Å². The Labute approximate surface area is 128 Å². The quantitative estimate of drug-likeness (QED) is 0.815. The van der Waals surface area contributed by atoms with Gasteiger partial charge in [0.2, 0.25) is 0 Å². The maximum Gasteiger partial charge on any atom is 0.418 e. The largest absolute Gasteiger partial charge is 0.481 e. The second kappa shape index (κ2) is 5.87. The predicted octanol–water partition coefficient (Wildman–Crippen LogP) is 4.67. The zero-order chi connectivity index (χ0) is 15.7. The lowest BCUT2D eigenvalue weighted by Crippen LogP contribution is -2.38. The first kappa shape index (κ1) is 16.1. The Kier molecular flexibility index (Phi) is 4.51. The van der Waals surface area contributed by atoms with Gasteiger partial charge in [-0.1, -0.05) is 28.8 Å². The fourth-order valence-corrected chi connectivity index (χ4v) is 3.19. The summed E-state index contributed by atoms with van der Waals surface area (Å²) in [6.45, 7) is 0. The van der Waals surface area contributed by atoms with Gasteiger partial charge in [0.1, 0.15) is 0 Å². The second-order valence-electron chi connectivity index (χ2n) is 5.37. The summed E-state index contributed by atoms with van der Waals surface area (Å²) >= 11 is 3.03. The number of hydrogen-bond acceptors (Lipinski definition) is 2. The molecule has 0 amide bonds. The van der Waals surface area contributed by atoms with Crippen LogP contribution < -0.4 is 5.32 Å². The van der Waals surface area contributed by atoms with Crippen molar-refractivity contribution in [3.8, 4) is 0 Å². The third-order valence-electron chi connectivity index (χ3n) is 3.74. The highest BCUT2D eigenvalue weighted by molar-refractivity contribution is 9.10. The van der Waals surface area contributed by atoms with E-state index in [1.165, 1.54) is 12.1 Å². The van der Waals surface area contributed by atoms with Crippen molar-refractivity contribution in [2.24, 2.45) is 0 Å². The van der Waals surface area contributed by atoms with E-state index in [0.717, 1.165) is 18.9 Å². The molecule has 0 bridgehead atoms. The van der Waals surface area contributed by atoms with E-state index in [2.05, 4.69) is 21.2 Å². The van der Waals surface area contributed by atoms with Crippen LogP contribution in [-0.2, 0) is 11.0 Å². The molecular weight excluding hydrogens is 351 g/mol. The van der Waals surface area contributed by atoms with E-state index >= 15 is 0 Å². The van der Waals surface area contributed by atoms with Gasteiger partial charge in [0, 0.05) is 15.7 Å². The van der Waals surface area contributed by atoms with E-state index < -0.39 is 23.2 Å². The number of aliphatic carboxylic acids is 1. The zero-order valence-corrected chi connectivity index (χ0v) is 12.7. The molecule has 2 rings (SSSR count). The molecule has 1 aliphatic rings. The molecule has 0 radical (unpaired) electrons. The third-order valence-corrected chi connectivity index (χ3v) is 4.23. The molecule has 0 spiro atoms. The first-order chi connectivity index (χ1) is 9.72. The molecule has 21 heavy (non-hydrogen) atoms. The SMILES string of the molecule is O=C(O)CC1(Nc2ccc(Br)cc2C(F)(F)F)CCCC1. The highest BCUT2D eigenvalue weighted by Gasteiger charge is 2.39. The number of alkyl halides is 3. The van der Waals surface area contributed by atoms with Gasteiger partial charge in [0.15, 0.2) is 0 Å². The van der Waals surface area contributed by atoms with Crippen LogP contribution in [0.5, 0.6) is 0 Å². The molecule has 0 unspecified atom stereocenters. The lowest BCUT2D eigenvalue weighted by Gasteiger charge is -2.31. The van der Waals surface area contributed by atoms with Crippen LogP contribution in [0.25, 0.3) is 0 Å². The number of carbonyl (C=O) groups is 1. The molecule has 1 fully saturated rings. The topological polar surface area (TPSA) is 49.3 Å². The monoisotopic (exact) mass is 365 g/mol. The fourth-order valence-electron chi connectivity index (χ4n) is 2.83. The van der Waals surface area contributed by atoms with Gasteiger partial charge in [-0.05, 0) is 31.0 Å². The number of halogens is 4. The average molecular weight is 366 g/mol. The fraction of sp³-hybridized carbons (Fsp3) is 0.500. The minimum atomic E-state index is -4.49. The summed E-state index contributed by atoms with van der Waals surface area (Å²) in [6, 6.07) is 3.86. The molecule has 1 aliphatic carbocycles. The van der Waals surface area contributed by atoms with Crippen LogP contribution in [0.2, 0.25) is 0 Å². The van der Waals surface area contributed by atoms with Crippen molar-refractivity contribution < 1.29 is 23.1 Å². The maximum atomic E-state index is 13.1. The number of hydrogen-bond donors (Lipinski definition) is 2. The van der Waals surface area contributed by atoms with Crippen molar-refractivity contribution in [3.05, 3.63) is 28.2 Å². The predicted molar refractivity (Wildman–Crippen MR) is 76.2 cm³/mol. The van der Waals surface area contributed by atoms with Crippen LogP contribution in [0.15, 0.2) is 22.7 Å². The minimum absolute atomic E-state index is 0.0612. The molecule has 1 aromatic carbocycles. The van der Waals surface area contributed by atoms with Crippen molar-refractivity contribution in [1.29, 1.82) is 0 Å². The first-order valence-electron chi connectivity index (χ1n) is 6.59. The van der Waals surface area contributed by atoms with Crippen LogP contribution in [0.3, 0.4) is 0 Å². The molecule has 1 aromatic rings. The van der Waals surface area contributed by atoms with Crippen LogP contribution in [0, 0.1) is 0 Å². The van der Waals surface area contributed by atoms with Gasteiger partial charge >= 0.3 is 12.1 Å². The van der Waals surface area contributed by atoms with Crippen LogP contribution in [-0.4, -0.2) is 16.6 Å². The summed E-state index contributed by atoms with van der Waals surface area (Å²) in [6.07, 6.45) is -1.91. The summed E-state index contributed by atoms with van der Waals surface area (Å²) in [5, 5.41) is 11.9. The van der Waals surface area contributed by atoms with E-state index in [1.807, 2.05) is 0 Å². The number of anilines is 1. The molecule has 116 valence electrons. The molecule has 0 aliphatic heterocycles. The number of rotatable bonds is 4. The Bertz CT molecular complexity index is 540. The van der Waals surface area contributed by atoms with Crippen LogP contribution in [0.4, 0.5) is 18.9 Å². The Morgan fingerprint density at radius 1 is 1.33 bits per heavy atom. The Hall–Kier alpha value is -1.24. The van der Waals surface area contributed by atoms with E-state index in [1.54, 1.807) is 0 Å². The van der Waals surface area contributed by atoms with E-state index in [-0.39, 0.29) is 12.1 Å². The lowest BCUT2D eigenvalue weighted by atomic mass is 9.92. The molecule has 7 heteroatoms. The third kappa shape index (κ3) is 3.90. The van der Waals surface area contributed by atoms with Gasteiger partial charge in [-0.3, -0.25) is 4.79 Å². The highest BCUT2D eigenvalue weighted by atomic mass is 79.9. The van der Waals surface area contributed by atoms with Gasteiger partial charge in [-0.2, -0.15) is 13.2 Å². The van der Waals surface area contributed by atoms with Gasteiger partial charge in [0.05, 0.1) is 12.0 Å².